The van der Waals surface area contributed by atoms with Gasteiger partial charge in [0.05, 0.1) is 19.1 Å². The van der Waals surface area contributed by atoms with Crippen LogP contribution < -0.4 is 10.6 Å². The third-order valence-corrected chi connectivity index (χ3v) is 4.47. The predicted octanol–water partition coefficient (Wildman–Crippen LogP) is 2.12. The summed E-state index contributed by atoms with van der Waals surface area (Å²) in [7, 11) is 0. The van der Waals surface area contributed by atoms with Crippen molar-refractivity contribution in [2.75, 3.05) is 6.54 Å². The van der Waals surface area contributed by atoms with Crippen LogP contribution in [0.3, 0.4) is 0 Å². The summed E-state index contributed by atoms with van der Waals surface area (Å²) in [5.74, 6) is -3.15. The molecule has 1 aromatic heterocycles. The number of amides is 1. The maximum atomic E-state index is 12.9. The maximum Gasteiger partial charge on any atom is 0.262 e. The van der Waals surface area contributed by atoms with Gasteiger partial charge in [-0.1, -0.05) is 0 Å². The van der Waals surface area contributed by atoms with E-state index in [0.29, 0.717) is 6.54 Å². The second-order valence-corrected chi connectivity index (χ2v) is 5.76. The van der Waals surface area contributed by atoms with Crippen molar-refractivity contribution < 1.29 is 13.6 Å². The smallest absolute Gasteiger partial charge is 0.262 e. The van der Waals surface area contributed by atoms with Gasteiger partial charge in [-0.2, -0.15) is 0 Å². The Morgan fingerprint density at radius 1 is 1.71 bits per heavy atom. The molecule has 0 saturated carbocycles. The van der Waals surface area contributed by atoms with E-state index in [9.17, 15) is 13.6 Å². The van der Waals surface area contributed by atoms with Gasteiger partial charge in [-0.3, -0.25) is 10.1 Å². The van der Waals surface area contributed by atoms with Crippen LogP contribution in [-0.2, 0) is 11.3 Å². The fraction of sp³-hybridized carbons (Fsp3) is 0.500. The average molecular weight is 325 g/mol. The molecule has 0 aliphatic carbocycles. The molecule has 3 nitrogen and oxygen atoms in total. The predicted molar refractivity (Wildman–Crippen MR) is 65.2 cm³/mol. The summed E-state index contributed by atoms with van der Waals surface area (Å²) in [6.07, 6.45) is -0.426. The molecule has 94 valence electrons. The van der Waals surface area contributed by atoms with E-state index in [1.54, 1.807) is 0 Å². The number of thiophene rings is 1. The van der Waals surface area contributed by atoms with Gasteiger partial charge in [0, 0.05) is 15.8 Å². The minimum Gasteiger partial charge on any atom is -0.350 e. The van der Waals surface area contributed by atoms with Gasteiger partial charge in [0.15, 0.2) is 0 Å². The highest BCUT2D eigenvalue weighted by atomic mass is 79.9. The second kappa shape index (κ2) is 4.99. The molecule has 2 heterocycles. The van der Waals surface area contributed by atoms with Crippen molar-refractivity contribution in [2.45, 2.75) is 24.9 Å². The molecule has 0 spiro atoms. The van der Waals surface area contributed by atoms with E-state index >= 15 is 0 Å². The Morgan fingerprint density at radius 2 is 2.47 bits per heavy atom. The molecule has 17 heavy (non-hydrogen) atoms. The number of alkyl halides is 2. The topological polar surface area (TPSA) is 41.1 Å². The molecule has 7 heteroatoms. The number of rotatable bonds is 3. The molecule has 1 unspecified atom stereocenters. The summed E-state index contributed by atoms with van der Waals surface area (Å²) < 4.78 is 26.7. The van der Waals surface area contributed by atoms with E-state index in [1.807, 2.05) is 11.4 Å². The van der Waals surface area contributed by atoms with Crippen LogP contribution in [0.15, 0.2) is 15.9 Å². The van der Waals surface area contributed by atoms with Crippen LogP contribution >= 0.6 is 27.3 Å². The lowest BCUT2D eigenvalue weighted by atomic mass is 10.2. The van der Waals surface area contributed by atoms with Gasteiger partial charge in [0.2, 0.25) is 5.91 Å². The van der Waals surface area contributed by atoms with E-state index < -0.39 is 24.9 Å². The summed E-state index contributed by atoms with van der Waals surface area (Å²) in [5, 5.41) is 7.07. The molecular weight excluding hydrogens is 314 g/mol. The molecule has 1 fully saturated rings. The summed E-state index contributed by atoms with van der Waals surface area (Å²) >= 11 is 4.85. The van der Waals surface area contributed by atoms with Gasteiger partial charge in [-0.15, -0.1) is 11.3 Å². The van der Waals surface area contributed by atoms with Gasteiger partial charge in [0.25, 0.3) is 5.92 Å². The van der Waals surface area contributed by atoms with Gasteiger partial charge in [-0.25, -0.2) is 8.78 Å². The number of hydrogen-bond donors (Lipinski definition) is 2. The van der Waals surface area contributed by atoms with Crippen molar-refractivity contribution >= 4 is 33.2 Å². The Bertz CT molecular complexity index is 424. The van der Waals surface area contributed by atoms with Crippen molar-refractivity contribution in [1.82, 2.24) is 10.6 Å². The lowest BCUT2D eigenvalue weighted by Gasteiger charge is -2.10. The van der Waals surface area contributed by atoms with Gasteiger partial charge >= 0.3 is 0 Å². The highest BCUT2D eigenvalue weighted by Gasteiger charge is 2.42. The number of carbonyl (C=O) groups is 1. The Balaban J connectivity index is 1.85. The minimum absolute atomic E-state index is 0.362. The number of carbonyl (C=O) groups excluding carboxylic acids is 1. The molecule has 0 aromatic carbocycles. The third kappa shape index (κ3) is 3.23. The minimum atomic E-state index is -2.77. The lowest BCUT2D eigenvalue weighted by molar-refractivity contribution is -0.123. The van der Waals surface area contributed by atoms with E-state index in [2.05, 4.69) is 26.6 Å². The summed E-state index contributed by atoms with van der Waals surface area (Å²) in [4.78, 5) is 12.6. The standard InChI is InChI=1S/C10H11BrF2N2OS/c11-6-1-2-17-8(6)4-14-9(16)7-3-10(12,13)5-15-7/h1-2,7,15H,3-5H2,(H,14,16). The highest BCUT2D eigenvalue weighted by molar-refractivity contribution is 9.10. The zero-order valence-corrected chi connectivity index (χ0v) is 11.2. The molecule has 2 N–H and O–H groups in total. The van der Waals surface area contributed by atoms with Gasteiger partial charge in [-0.05, 0) is 27.4 Å². The molecule has 1 saturated heterocycles. The quantitative estimate of drug-likeness (QED) is 0.894. The fourth-order valence-corrected chi connectivity index (χ4v) is 3.07. The lowest BCUT2D eigenvalue weighted by Crippen LogP contribution is -2.39. The zero-order chi connectivity index (χ0) is 12.5. The largest absolute Gasteiger partial charge is 0.350 e. The second-order valence-electron chi connectivity index (χ2n) is 3.90. The monoisotopic (exact) mass is 324 g/mol. The third-order valence-electron chi connectivity index (χ3n) is 2.54. The molecular formula is C10H11BrF2N2OS. The molecule has 0 radical (unpaired) electrons. The number of nitrogens with one attached hydrogen (secondary N) is 2. The normalized spacial score (nSPS) is 22.6. The van der Waals surface area contributed by atoms with Gasteiger partial charge < -0.3 is 5.32 Å². The SMILES string of the molecule is O=C(NCc1sccc1Br)C1CC(F)(F)CN1. The number of hydrogen-bond acceptors (Lipinski definition) is 3. The fourth-order valence-electron chi connectivity index (χ4n) is 1.64. The molecule has 1 aliphatic heterocycles. The highest BCUT2D eigenvalue weighted by Crippen LogP contribution is 2.25. The molecule has 1 atom stereocenters. The van der Waals surface area contributed by atoms with Crippen LogP contribution in [0.5, 0.6) is 0 Å². The Kier molecular flexibility index (Phi) is 3.79. The van der Waals surface area contributed by atoms with Crippen molar-refractivity contribution in [2.24, 2.45) is 0 Å². The van der Waals surface area contributed by atoms with E-state index in [0.717, 1.165) is 9.35 Å². The first-order chi connectivity index (χ1) is 7.98. The molecule has 0 bridgehead atoms. The Hall–Kier alpha value is -0.530. The van der Waals surface area contributed by atoms with Gasteiger partial charge in [0.1, 0.15) is 0 Å². The van der Waals surface area contributed by atoms with Crippen LogP contribution in [0.4, 0.5) is 8.78 Å². The van der Waals surface area contributed by atoms with Crippen LogP contribution in [0, 0.1) is 0 Å². The number of halogens is 3. The van der Waals surface area contributed by atoms with Crippen LogP contribution in [0.1, 0.15) is 11.3 Å². The maximum absolute atomic E-state index is 12.9. The first-order valence-corrected chi connectivity index (χ1v) is 6.76. The first kappa shape index (κ1) is 12.9. The van der Waals surface area contributed by atoms with Crippen molar-refractivity contribution in [1.29, 1.82) is 0 Å². The van der Waals surface area contributed by atoms with E-state index in [1.165, 1.54) is 11.3 Å². The zero-order valence-electron chi connectivity index (χ0n) is 8.80. The molecule has 2 rings (SSSR count). The van der Waals surface area contributed by atoms with Crippen molar-refractivity contribution in [3.63, 3.8) is 0 Å². The molecule has 1 aliphatic rings. The van der Waals surface area contributed by atoms with Crippen LogP contribution in [0.2, 0.25) is 0 Å². The molecule has 1 aromatic rings. The Morgan fingerprint density at radius 3 is 3.00 bits per heavy atom. The first-order valence-electron chi connectivity index (χ1n) is 5.09. The van der Waals surface area contributed by atoms with Crippen molar-refractivity contribution in [3.8, 4) is 0 Å². The average Bonchev–Trinajstić information content (AvgIpc) is 2.81. The summed E-state index contributed by atoms with van der Waals surface area (Å²) in [6, 6.07) is 1.09. The van der Waals surface area contributed by atoms with Crippen LogP contribution in [-0.4, -0.2) is 24.4 Å². The van der Waals surface area contributed by atoms with Crippen LogP contribution in [0.25, 0.3) is 0 Å². The molecule has 1 amide bonds. The van der Waals surface area contributed by atoms with E-state index in [-0.39, 0.29) is 5.91 Å². The van der Waals surface area contributed by atoms with Crippen molar-refractivity contribution in [3.05, 3.63) is 20.8 Å². The van der Waals surface area contributed by atoms with E-state index in [4.69, 9.17) is 0 Å². The summed E-state index contributed by atoms with van der Waals surface area (Å²) in [5.41, 5.74) is 0. The Labute approximate surface area is 110 Å². The summed E-state index contributed by atoms with van der Waals surface area (Å²) in [6.45, 7) is -0.0609.